The number of hydrogen-bond donors (Lipinski definition) is 0. The first-order valence-electron chi connectivity index (χ1n) is 8.41. The standard InChI is InChI=1S/C18H21BrN4O2/c1-2-21-13-14(19)11-16(21)18(25)23-9-7-22(8-10-23)17(24)12-15-5-3-4-6-20-15/h3-6,11,13H,2,7-10,12H2,1H3. The molecule has 0 spiro atoms. The fraction of sp³-hybridized carbons (Fsp3) is 0.389. The summed E-state index contributed by atoms with van der Waals surface area (Å²) in [5, 5.41) is 0. The molecule has 1 aliphatic rings. The van der Waals surface area contributed by atoms with Gasteiger partial charge < -0.3 is 14.4 Å². The fourth-order valence-electron chi connectivity index (χ4n) is 3.01. The van der Waals surface area contributed by atoms with Crippen LogP contribution in [0.2, 0.25) is 0 Å². The molecule has 0 radical (unpaired) electrons. The first kappa shape index (κ1) is 17.7. The van der Waals surface area contributed by atoms with Crippen LogP contribution in [0.4, 0.5) is 0 Å². The summed E-state index contributed by atoms with van der Waals surface area (Å²) < 4.78 is 2.84. The van der Waals surface area contributed by atoms with Gasteiger partial charge in [-0.15, -0.1) is 0 Å². The zero-order valence-electron chi connectivity index (χ0n) is 14.2. The van der Waals surface area contributed by atoms with Gasteiger partial charge in [-0.3, -0.25) is 14.6 Å². The number of rotatable bonds is 4. The summed E-state index contributed by atoms with van der Waals surface area (Å²) in [6.07, 6.45) is 3.92. The molecule has 2 aromatic rings. The fourth-order valence-corrected chi connectivity index (χ4v) is 3.47. The minimum Gasteiger partial charge on any atom is -0.343 e. The van der Waals surface area contributed by atoms with Gasteiger partial charge in [0.1, 0.15) is 5.69 Å². The van der Waals surface area contributed by atoms with Crippen LogP contribution < -0.4 is 0 Å². The summed E-state index contributed by atoms with van der Waals surface area (Å²) in [5.41, 5.74) is 1.46. The number of nitrogens with zero attached hydrogens (tertiary/aromatic N) is 4. The van der Waals surface area contributed by atoms with E-state index >= 15 is 0 Å². The zero-order chi connectivity index (χ0) is 17.8. The highest BCUT2D eigenvalue weighted by Crippen LogP contribution is 2.18. The Morgan fingerprint density at radius 3 is 2.52 bits per heavy atom. The molecule has 0 aliphatic carbocycles. The number of carbonyl (C=O) groups is 2. The molecule has 25 heavy (non-hydrogen) atoms. The highest BCUT2D eigenvalue weighted by Gasteiger charge is 2.26. The van der Waals surface area contributed by atoms with Gasteiger partial charge in [-0.25, -0.2) is 0 Å². The average Bonchev–Trinajstić information content (AvgIpc) is 3.03. The van der Waals surface area contributed by atoms with E-state index in [-0.39, 0.29) is 11.8 Å². The third kappa shape index (κ3) is 4.10. The van der Waals surface area contributed by atoms with E-state index in [1.165, 1.54) is 0 Å². The summed E-state index contributed by atoms with van der Waals surface area (Å²) in [6.45, 7) is 4.99. The van der Waals surface area contributed by atoms with Gasteiger partial charge in [-0.2, -0.15) is 0 Å². The molecule has 0 aromatic carbocycles. The Labute approximate surface area is 155 Å². The van der Waals surface area contributed by atoms with Crippen molar-refractivity contribution in [2.24, 2.45) is 0 Å². The van der Waals surface area contributed by atoms with Crippen LogP contribution in [0.25, 0.3) is 0 Å². The molecule has 132 valence electrons. The van der Waals surface area contributed by atoms with Gasteiger partial charge in [-0.05, 0) is 41.1 Å². The Hall–Kier alpha value is -2.15. The smallest absolute Gasteiger partial charge is 0.270 e. The number of aromatic nitrogens is 2. The predicted molar refractivity (Wildman–Crippen MR) is 98.2 cm³/mol. The molecule has 0 unspecified atom stereocenters. The monoisotopic (exact) mass is 404 g/mol. The van der Waals surface area contributed by atoms with Gasteiger partial charge in [0.05, 0.1) is 6.42 Å². The van der Waals surface area contributed by atoms with E-state index in [2.05, 4.69) is 20.9 Å². The van der Waals surface area contributed by atoms with Crippen molar-refractivity contribution in [1.29, 1.82) is 0 Å². The second-order valence-corrected chi connectivity index (χ2v) is 6.92. The highest BCUT2D eigenvalue weighted by atomic mass is 79.9. The molecule has 2 aromatic heterocycles. The van der Waals surface area contributed by atoms with Crippen molar-refractivity contribution in [3.63, 3.8) is 0 Å². The summed E-state index contributed by atoms with van der Waals surface area (Å²) in [5.74, 6) is 0.0786. The van der Waals surface area contributed by atoms with E-state index < -0.39 is 0 Å². The minimum absolute atomic E-state index is 0.0179. The van der Waals surface area contributed by atoms with E-state index in [1.54, 1.807) is 6.20 Å². The van der Waals surface area contributed by atoms with Crippen LogP contribution in [0, 0.1) is 0 Å². The van der Waals surface area contributed by atoms with Crippen LogP contribution in [0.5, 0.6) is 0 Å². The maximum Gasteiger partial charge on any atom is 0.270 e. The lowest BCUT2D eigenvalue weighted by Gasteiger charge is -2.35. The van der Waals surface area contributed by atoms with E-state index in [4.69, 9.17) is 0 Å². The van der Waals surface area contributed by atoms with E-state index in [0.29, 0.717) is 38.3 Å². The molecule has 3 heterocycles. The Morgan fingerprint density at radius 1 is 1.16 bits per heavy atom. The Morgan fingerprint density at radius 2 is 1.88 bits per heavy atom. The van der Waals surface area contributed by atoms with Crippen LogP contribution in [0.1, 0.15) is 23.1 Å². The molecule has 0 bridgehead atoms. The maximum absolute atomic E-state index is 12.7. The molecule has 1 saturated heterocycles. The highest BCUT2D eigenvalue weighted by molar-refractivity contribution is 9.10. The second kappa shape index (κ2) is 7.82. The normalized spacial score (nSPS) is 14.6. The molecule has 2 amide bonds. The summed E-state index contributed by atoms with van der Waals surface area (Å²) in [6, 6.07) is 7.43. The average molecular weight is 405 g/mol. The molecule has 1 aliphatic heterocycles. The molecule has 3 rings (SSSR count). The van der Waals surface area contributed by atoms with Crippen LogP contribution in [-0.4, -0.2) is 57.3 Å². The van der Waals surface area contributed by atoms with Crippen molar-refractivity contribution in [3.05, 3.63) is 52.5 Å². The first-order valence-corrected chi connectivity index (χ1v) is 9.20. The first-order chi connectivity index (χ1) is 12.1. The molecule has 0 N–H and O–H groups in total. The summed E-state index contributed by atoms with van der Waals surface area (Å²) >= 11 is 3.43. The number of carbonyl (C=O) groups excluding carboxylic acids is 2. The van der Waals surface area contributed by atoms with Crippen molar-refractivity contribution in [3.8, 4) is 0 Å². The number of pyridine rings is 1. The van der Waals surface area contributed by atoms with E-state index in [1.807, 2.05) is 51.8 Å². The molecule has 0 atom stereocenters. The van der Waals surface area contributed by atoms with E-state index in [9.17, 15) is 9.59 Å². The molecule has 7 heteroatoms. The quantitative estimate of drug-likeness (QED) is 0.784. The van der Waals surface area contributed by atoms with Crippen molar-refractivity contribution in [1.82, 2.24) is 19.4 Å². The Balaban J connectivity index is 1.58. The zero-order valence-corrected chi connectivity index (χ0v) is 15.8. The number of aryl methyl sites for hydroxylation is 1. The van der Waals surface area contributed by atoms with Crippen molar-refractivity contribution in [2.45, 2.75) is 19.9 Å². The lowest BCUT2D eigenvalue weighted by atomic mass is 10.2. The minimum atomic E-state index is 0.0179. The van der Waals surface area contributed by atoms with Crippen molar-refractivity contribution in [2.75, 3.05) is 26.2 Å². The van der Waals surface area contributed by atoms with Gasteiger partial charge in [0.15, 0.2) is 0 Å². The molecule has 0 saturated carbocycles. The van der Waals surface area contributed by atoms with Gasteiger partial charge >= 0.3 is 0 Å². The summed E-state index contributed by atoms with van der Waals surface area (Å²) in [7, 11) is 0. The van der Waals surface area contributed by atoms with Crippen LogP contribution in [-0.2, 0) is 17.8 Å². The topological polar surface area (TPSA) is 58.4 Å². The SMILES string of the molecule is CCn1cc(Br)cc1C(=O)N1CCN(C(=O)Cc2ccccn2)CC1. The van der Waals surface area contributed by atoms with E-state index in [0.717, 1.165) is 16.7 Å². The predicted octanol–water partition coefficient (Wildman–Crippen LogP) is 2.19. The van der Waals surface area contributed by atoms with Crippen molar-refractivity contribution < 1.29 is 9.59 Å². The van der Waals surface area contributed by atoms with Gasteiger partial charge in [-0.1, -0.05) is 6.07 Å². The molecule has 1 fully saturated rings. The van der Waals surface area contributed by atoms with Crippen LogP contribution in [0.15, 0.2) is 41.1 Å². The van der Waals surface area contributed by atoms with Gasteiger partial charge in [0.25, 0.3) is 5.91 Å². The number of amides is 2. The molecule has 6 nitrogen and oxygen atoms in total. The largest absolute Gasteiger partial charge is 0.343 e. The number of halogens is 1. The Bertz CT molecular complexity index is 752. The Kier molecular flexibility index (Phi) is 5.53. The molecular weight excluding hydrogens is 384 g/mol. The molecular formula is C18H21BrN4O2. The van der Waals surface area contributed by atoms with Crippen LogP contribution >= 0.6 is 15.9 Å². The summed E-state index contributed by atoms with van der Waals surface area (Å²) in [4.78, 5) is 33.0. The van der Waals surface area contributed by atoms with Gasteiger partial charge in [0.2, 0.25) is 5.91 Å². The lowest BCUT2D eigenvalue weighted by Crippen LogP contribution is -2.51. The maximum atomic E-state index is 12.7. The third-order valence-electron chi connectivity index (χ3n) is 4.40. The second-order valence-electron chi connectivity index (χ2n) is 6.00. The number of hydrogen-bond acceptors (Lipinski definition) is 3. The third-order valence-corrected chi connectivity index (χ3v) is 4.83. The van der Waals surface area contributed by atoms with Crippen molar-refractivity contribution >= 4 is 27.7 Å². The van der Waals surface area contributed by atoms with Crippen LogP contribution in [0.3, 0.4) is 0 Å². The number of piperazine rings is 1. The van der Waals surface area contributed by atoms with Gasteiger partial charge in [0, 0.05) is 55.3 Å². The lowest BCUT2D eigenvalue weighted by molar-refractivity contribution is -0.132.